The zero-order valence-corrected chi connectivity index (χ0v) is 14.8. The van der Waals surface area contributed by atoms with Crippen molar-refractivity contribution in [2.75, 3.05) is 6.54 Å². The van der Waals surface area contributed by atoms with Gasteiger partial charge in [0.25, 0.3) is 0 Å². The van der Waals surface area contributed by atoms with Crippen molar-refractivity contribution in [2.45, 2.75) is 66.2 Å². The molecule has 0 spiro atoms. The fourth-order valence-electron chi connectivity index (χ4n) is 2.00. The van der Waals surface area contributed by atoms with Gasteiger partial charge in [0.05, 0.1) is 6.04 Å². The summed E-state index contributed by atoms with van der Waals surface area (Å²) >= 11 is 0. The molecule has 0 radical (unpaired) electrons. The molecule has 0 aliphatic heterocycles. The number of furan rings is 1. The molecule has 2 atom stereocenters. The minimum absolute atomic E-state index is 0.00615. The van der Waals surface area contributed by atoms with Gasteiger partial charge in [0.1, 0.15) is 17.1 Å². The van der Waals surface area contributed by atoms with Gasteiger partial charge in [-0.3, -0.25) is 0 Å². The second-order valence-corrected chi connectivity index (χ2v) is 7.08. The third-order valence-electron chi connectivity index (χ3n) is 3.34. The van der Waals surface area contributed by atoms with Crippen molar-refractivity contribution in [3.63, 3.8) is 0 Å². The predicted octanol–water partition coefficient (Wildman–Crippen LogP) is 3.79. The molecule has 1 amide bonds. The van der Waals surface area contributed by atoms with Crippen LogP contribution in [0.25, 0.3) is 0 Å². The van der Waals surface area contributed by atoms with E-state index in [1.54, 1.807) is 0 Å². The van der Waals surface area contributed by atoms with Gasteiger partial charge in [-0.25, -0.2) is 4.79 Å². The van der Waals surface area contributed by atoms with Crippen LogP contribution >= 0.6 is 0 Å². The molecule has 1 heterocycles. The number of alkyl carbamates (subject to hydrolysis) is 1. The van der Waals surface area contributed by atoms with Crippen LogP contribution in [0.15, 0.2) is 16.5 Å². The summed E-state index contributed by atoms with van der Waals surface area (Å²) in [5.74, 6) is 2.10. The van der Waals surface area contributed by atoms with Gasteiger partial charge in [0, 0.05) is 12.6 Å². The summed E-state index contributed by atoms with van der Waals surface area (Å²) in [6.07, 6.45) is -0.380. The monoisotopic (exact) mass is 310 g/mol. The summed E-state index contributed by atoms with van der Waals surface area (Å²) in [6, 6.07) is 4.01. The zero-order chi connectivity index (χ0) is 16.9. The van der Waals surface area contributed by atoms with Gasteiger partial charge in [-0.05, 0) is 52.7 Å². The first kappa shape index (κ1) is 18.6. The Morgan fingerprint density at radius 3 is 2.36 bits per heavy atom. The maximum atomic E-state index is 11.9. The molecular weight excluding hydrogens is 280 g/mol. The highest BCUT2D eigenvalue weighted by atomic mass is 16.6. The minimum Gasteiger partial charge on any atom is -0.465 e. The van der Waals surface area contributed by atoms with Crippen molar-refractivity contribution in [3.05, 3.63) is 23.7 Å². The highest BCUT2D eigenvalue weighted by molar-refractivity contribution is 5.68. The lowest BCUT2D eigenvalue weighted by molar-refractivity contribution is 0.0489. The molecule has 2 unspecified atom stereocenters. The van der Waals surface area contributed by atoms with Crippen molar-refractivity contribution >= 4 is 6.09 Å². The Labute approximate surface area is 133 Å². The van der Waals surface area contributed by atoms with Gasteiger partial charge < -0.3 is 19.8 Å². The van der Waals surface area contributed by atoms with E-state index in [1.165, 1.54) is 0 Å². The average Bonchev–Trinajstić information content (AvgIpc) is 2.78. The van der Waals surface area contributed by atoms with Gasteiger partial charge in [-0.2, -0.15) is 0 Å². The van der Waals surface area contributed by atoms with Crippen molar-refractivity contribution in [1.29, 1.82) is 0 Å². The third-order valence-corrected chi connectivity index (χ3v) is 3.34. The quantitative estimate of drug-likeness (QED) is 0.839. The normalized spacial score (nSPS) is 14.7. The number of hydrogen-bond acceptors (Lipinski definition) is 4. The zero-order valence-electron chi connectivity index (χ0n) is 14.8. The average molecular weight is 310 g/mol. The molecule has 1 aromatic rings. The molecule has 5 heteroatoms. The van der Waals surface area contributed by atoms with E-state index in [-0.39, 0.29) is 18.2 Å². The first-order chi connectivity index (χ1) is 10.1. The number of aryl methyl sites for hydroxylation is 1. The first-order valence-corrected chi connectivity index (χ1v) is 7.87. The van der Waals surface area contributed by atoms with Crippen molar-refractivity contribution in [3.8, 4) is 0 Å². The molecule has 5 nitrogen and oxygen atoms in total. The fraction of sp³-hybridized carbons (Fsp3) is 0.706. The second kappa shape index (κ2) is 7.68. The maximum Gasteiger partial charge on any atom is 0.407 e. The van der Waals surface area contributed by atoms with E-state index in [0.717, 1.165) is 11.5 Å². The lowest BCUT2D eigenvalue weighted by Gasteiger charge is -2.27. The Balaban J connectivity index is 2.52. The number of hydrogen-bond donors (Lipinski definition) is 2. The van der Waals surface area contributed by atoms with Gasteiger partial charge in [-0.15, -0.1) is 0 Å². The lowest BCUT2D eigenvalue weighted by atomic mass is 10.0. The molecule has 126 valence electrons. The lowest BCUT2D eigenvalue weighted by Crippen LogP contribution is -2.47. The molecular formula is C17H30N2O3. The van der Waals surface area contributed by atoms with Gasteiger partial charge in [0.2, 0.25) is 0 Å². The van der Waals surface area contributed by atoms with Crippen LogP contribution in [0.3, 0.4) is 0 Å². The van der Waals surface area contributed by atoms with Gasteiger partial charge in [-0.1, -0.05) is 13.8 Å². The third kappa shape index (κ3) is 6.52. The number of ether oxygens (including phenoxy) is 1. The van der Waals surface area contributed by atoms with Crippen molar-refractivity contribution in [1.82, 2.24) is 10.6 Å². The van der Waals surface area contributed by atoms with Gasteiger partial charge in [0.15, 0.2) is 0 Å². The van der Waals surface area contributed by atoms with E-state index in [0.29, 0.717) is 12.5 Å². The number of rotatable bonds is 6. The Kier molecular flexibility index (Phi) is 6.48. The van der Waals surface area contributed by atoms with E-state index >= 15 is 0 Å². The molecule has 2 N–H and O–H groups in total. The van der Waals surface area contributed by atoms with Crippen LogP contribution in [0.2, 0.25) is 0 Å². The number of carbonyl (C=O) groups excluding carboxylic acids is 1. The van der Waals surface area contributed by atoms with Crippen LogP contribution in [-0.2, 0) is 4.74 Å². The highest BCUT2D eigenvalue weighted by Crippen LogP contribution is 2.16. The molecule has 0 saturated heterocycles. The Morgan fingerprint density at radius 2 is 1.91 bits per heavy atom. The fourth-order valence-corrected chi connectivity index (χ4v) is 2.00. The number of nitrogens with one attached hydrogen (secondary N) is 2. The van der Waals surface area contributed by atoms with E-state index in [9.17, 15) is 4.79 Å². The SMILES string of the molecule is Cc1ccc(C(C)NCC(NC(=O)OC(C)(C)C)C(C)C)o1. The van der Waals surface area contributed by atoms with Gasteiger partial charge >= 0.3 is 6.09 Å². The Bertz CT molecular complexity index is 474. The Morgan fingerprint density at radius 1 is 1.27 bits per heavy atom. The van der Waals surface area contributed by atoms with Crippen LogP contribution in [0.1, 0.15) is 59.1 Å². The first-order valence-electron chi connectivity index (χ1n) is 7.87. The Hall–Kier alpha value is -1.49. The van der Waals surface area contributed by atoms with Crippen LogP contribution in [-0.4, -0.2) is 24.3 Å². The highest BCUT2D eigenvalue weighted by Gasteiger charge is 2.22. The number of carbonyl (C=O) groups is 1. The summed E-state index contributed by atoms with van der Waals surface area (Å²) in [5, 5.41) is 6.33. The van der Waals surface area contributed by atoms with Crippen LogP contribution in [0, 0.1) is 12.8 Å². The summed E-state index contributed by atoms with van der Waals surface area (Å²) in [4.78, 5) is 11.9. The molecule has 0 aliphatic carbocycles. The van der Waals surface area contributed by atoms with E-state index in [2.05, 4.69) is 24.5 Å². The van der Waals surface area contributed by atoms with Crippen molar-refractivity contribution < 1.29 is 13.9 Å². The smallest absolute Gasteiger partial charge is 0.407 e. The van der Waals surface area contributed by atoms with Crippen LogP contribution in [0.4, 0.5) is 4.79 Å². The molecule has 1 rings (SSSR count). The summed E-state index contributed by atoms with van der Waals surface area (Å²) in [7, 11) is 0. The molecule has 0 saturated carbocycles. The summed E-state index contributed by atoms with van der Waals surface area (Å²) in [5.41, 5.74) is -0.488. The van der Waals surface area contributed by atoms with Crippen LogP contribution < -0.4 is 10.6 Å². The summed E-state index contributed by atoms with van der Waals surface area (Å²) < 4.78 is 10.9. The largest absolute Gasteiger partial charge is 0.465 e. The van der Waals surface area contributed by atoms with E-state index < -0.39 is 5.60 Å². The standard InChI is InChI=1S/C17H30N2O3/c1-11(2)14(19-16(20)22-17(5,6)7)10-18-13(4)15-9-8-12(3)21-15/h8-9,11,13-14,18H,10H2,1-7H3,(H,19,20). The number of amides is 1. The topological polar surface area (TPSA) is 63.5 Å². The molecule has 0 aromatic carbocycles. The van der Waals surface area contributed by atoms with E-state index in [1.807, 2.05) is 46.8 Å². The van der Waals surface area contributed by atoms with Crippen molar-refractivity contribution in [2.24, 2.45) is 5.92 Å². The molecule has 0 bridgehead atoms. The summed E-state index contributed by atoms with van der Waals surface area (Å²) in [6.45, 7) is 14.3. The molecule has 0 fully saturated rings. The second-order valence-electron chi connectivity index (χ2n) is 7.08. The van der Waals surface area contributed by atoms with E-state index in [4.69, 9.17) is 9.15 Å². The molecule has 1 aromatic heterocycles. The predicted molar refractivity (Wildman–Crippen MR) is 87.9 cm³/mol. The van der Waals surface area contributed by atoms with Crippen LogP contribution in [0.5, 0.6) is 0 Å². The minimum atomic E-state index is -0.488. The molecule has 0 aliphatic rings. The maximum absolute atomic E-state index is 11.9. The molecule has 22 heavy (non-hydrogen) atoms.